The van der Waals surface area contributed by atoms with Crippen LogP contribution >= 0.6 is 0 Å². The van der Waals surface area contributed by atoms with Crippen LogP contribution in [0.1, 0.15) is 30.3 Å². The second kappa shape index (κ2) is 8.56. The maximum absolute atomic E-state index is 11.7. The van der Waals surface area contributed by atoms with E-state index in [1.807, 2.05) is 61.8 Å². The van der Waals surface area contributed by atoms with Gasteiger partial charge < -0.3 is 9.88 Å². The number of nitrogens with zero attached hydrogens (tertiary/aromatic N) is 7. The SMILES string of the molecule is CNc1nc(-c2nc3cc(C4=NNC(=O)CC4C)ccc3n2Cc2ccccc2)cn2c(C)nnc12. The Labute approximate surface area is 207 Å². The predicted octanol–water partition coefficient (Wildman–Crippen LogP) is 3.40. The van der Waals surface area contributed by atoms with Gasteiger partial charge in [0.25, 0.3) is 0 Å². The van der Waals surface area contributed by atoms with E-state index in [2.05, 4.69) is 48.8 Å². The Balaban J connectivity index is 1.55. The van der Waals surface area contributed by atoms with Crippen LogP contribution in [0.5, 0.6) is 0 Å². The van der Waals surface area contributed by atoms with Crippen molar-refractivity contribution in [1.82, 2.24) is 34.6 Å². The highest BCUT2D eigenvalue weighted by Gasteiger charge is 2.23. The third kappa shape index (κ3) is 3.67. The van der Waals surface area contributed by atoms with Gasteiger partial charge in [0.15, 0.2) is 11.6 Å². The molecule has 4 heterocycles. The Kier molecular flexibility index (Phi) is 5.21. The molecule has 2 aromatic carbocycles. The van der Waals surface area contributed by atoms with Gasteiger partial charge in [-0.05, 0) is 24.6 Å². The lowest BCUT2D eigenvalue weighted by atomic mass is 9.94. The van der Waals surface area contributed by atoms with E-state index in [0.717, 1.165) is 39.5 Å². The van der Waals surface area contributed by atoms with Crippen molar-refractivity contribution in [2.24, 2.45) is 11.0 Å². The summed E-state index contributed by atoms with van der Waals surface area (Å²) in [5, 5.41) is 15.9. The molecule has 0 saturated heterocycles. The molecule has 2 N–H and O–H groups in total. The fourth-order valence-electron chi connectivity index (χ4n) is 4.70. The number of benzene rings is 2. The average Bonchev–Trinajstić information content (AvgIpc) is 3.44. The van der Waals surface area contributed by atoms with Gasteiger partial charge >= 0.3 is 0 Å². The van der Waals surface area contributed by atoms with Gasteiger partial charge in [-0.2, -0.15) is 5.10 Å². The first-order chi connectivity index (χ1) is 17.5. The van der Waals surface area contributed by atoms with E-state index in [1.54, 1.807) is 0 Å². The monoisotopic (exact) mass is 479 g/mol. The number of aryl methyl sites for hydroxylation is 1. The van der Waals surface area contributed by atoms with Crippen LogP contribution in [0, 0.1) is 12.8 Å². The van der Waals surface area contributed by atoms with Crippen LogP contribution in [0.3, 0.4) is 0 Å². The van der Waals surface area contributed by atoms with Crippen molar-refractivity contribution >= 4 is 34.1 Å². The van der Waals surface area contributed by atoms with Gasteiger partial charge in [-0.25, -0.2) is 15.4 Å². The average molecular weight is 480 g/mol. The number of nitrogens with one attached hydrogen (secondary N) is 2. The van der Waals surface area contributed by atoms with Gasteiger partial charge in [-0.1, -0.05) is 43.3 Å². The summed E-state index contributed by atoms with van der Waals surface area (Å²) in [5.41, 5.74) is 8.75. The Morgan fingerprint density at radius 2 is 1.94 bits per heavy atom. The van der Waals surface area contributed by atoms with E-state index in [-0.39, 0.29) is 11.8 Å². The fraction of sp³-hybridized carbons (Fsp3) is 0.231. The van der Waals surface area contributed by atoms with Crippen LogP contribution in [0.2, 0.25) is 0 Å². The van der Waals surface area contributed by atoms with E-state index in [9.17, 15) is 4.79 Å². The highest BCUT2D eigenvalue weighted by molar-refractivity contribution is 6.07. The Hall–Kier alpha value is -4.60. The van der Waals surface area contributed by atoms with Gasteiger partial charge in [0.2, 0.25) is 11.6 Å². The summed E-state index contributed by atoms with van der Waals surface area (Å²) in [4.78, 5) is 21.6. The quantitative estimate of drug-likeness (QED) is 0.399. The van der Waals surface area contributed by atoms with Crippen molar-refractivity contribution in [2.45, 2.75) is 26.8 Å². The number of rotatable bonds is 5. The topological polar surface area (TPSA) is 114 Å². The molecule has 6 rings (SSSR count). The molecule has 1 unspecified atom stereocenters. The Morgan fingerprint density at radius 3 is 2.72 bits per heavy atom. The van der Waals surface area contributed by atoms with Crippen molar-refractivity contribution in [3.8, 4) is 11.5 Å². The van der Waals surface area contributed by atoms with Crippen LogP contribution in [0.4, 0.5) is 5.82 Å². The summed E-state index contributed by atoms with van der Waals surface area (Å²) >= 11 is 0. The number of amides is 1. The number of hydrogen-bond donors (Lipinski definition) is 2. The van der Waals surface area contributed by atoms with Gasteiger partial charge in [-0.15, -0.1) is 10.2 Å². The molecule has 0 aliphatic carbocycles. The van der Waals surface area contributed by atoms with Crippen molar-refractivity contribution in [2.75, 3.05) is 12.4 Å². The zero-order valence-electron chi connectivity index (χ0n) is 20.2. The van der Waals surface area contributed by atoms with Crippen LogP contribution in [-0.4, -0.2) is 47.8 Å². The lowest BCUT2D eigenvalue weighted by molar-refractivity contribution is -0.121. The minimum Gasteiger partial charge on any atom is -0.370 e. The molecule has 0 radical (unpaired) electrons. The number of fused-ring (bicyclic) bond motifs is 2. The van der Waals surface area contributed by atoms with Crippen molar-refractivity contribution in [1.29, 1.82) is 0 Å². The van der Waals surface area contributed by atoms with Gasteiger partial charge in [0, 0.05) is 37.7 Å². The Bertz CT molecular complexity index is 1650. The van der Waals surface area contributed by atoms with E-state index in [1.165, 1.54) is 0 Å². The number of hydrogen-bond acceptors (Lipinski definition) is 7. The molecular weight excluding hydrogens is 454 g/mol. The van der Waals surface area contributed by atoms with E-state index in [4.69, 9.17) is 9.97 Å². The van der Waals surface area contributed by atoms with Gasteiger partial charge in [0.05, 0.1) is 16.7 Å². The molecule has 10 heteroatoms. The summed E-state index contributed by atoms with van der Waals surface area (Å²) in [6.45, 7) is 4.56. The number of aromatic nitrogens is 6. The second-order valence-corrected chi connectivity index (χ2v) is 9.01. The first kappa shape index (κ1) is 21.9. The minimum absolute atomic E-state index is 0.0288. The molecule has 1 aliphatic rings. The molecule has 0 fully saturated rings. The lowest BCUT2D eigenvalue weighted by Gasteiger charge is -2.19. The molecule has 180 valence electrons. The van der Waals surface area contributed by atoms with Crippen molar-refractivity contribution in [3.05, 3.63) is 71.7 Å². The summed E-state index contributed by atoms with van der Waals surface area (Å²) < 4.78 is 4.10. The van der Waals surface area contributed by atoms with Crippen LogP contribution in [-0.2, 0) is 11.3 Å². The molecule has 36 heavy (non-hydrogen) atoms. The first-order valence-corrected chi connectivity index (χ1v) is 11.8. The summed E-state index contributed by atoms with van der Waals surface area (Å²) in [5.74, 6) is 2.11. The summed E-state index contributed by atoms with van der Waals surface area (Å²) in [7, 11) is 1.82. The van der Waals surface area contributed by atoms with Crippen LogP contribution in [0.25, 0.3) is 28.2 Å². The van der Waals surface area contributed by atoms with Crippen molar-refractivity contribution in [3.63, 3.8) is 0 Å². The predicted molar refractivity (Wildman–Crippen MR) is 138 cm³/mol. The highest BCUT2D eigenvalue weighted by atomic mass is 16.2. The normalized spacial score (nSPS) is 15.8. The molecule has 0 bridgehead atoms. The zero-order valence-corrected chi connectivity index (χ0v) is 20.2. The molecule has 1 amide bonds. The first-order valence-electron chi connectivity index (χ1n) is 11.8. The summed E-state index contributed by atoms with van der Waals surface area (Å²) in [6.07, 6.45) is 2.34. The number of carbonyl (C=O) groups excluding carboxylic acids is 1. The summed E-state index contributed by atoms with van der Waals surface area (Å²) in [6, 6.07) is 16.4. The van der Waals surface area contributed by atoms with E-state index < -0.39 is 0 Å². The van der Waals surface area contributed by atoms with Gasteiger partial charge in [0.1, 0.15) is 11.5 Å². The largest absolute Gasteiger partial charge is 0.370 e. The number of hydrazone groups is 1. The lowest BCUT2D eigenvalue weighted by Crippen LogP contribution is -2.31. The number of carbonyl (C=O) groups is 1. The highest BCUT2D eigenvalue weighted by Crippen LogP contribution is 2.29. The molecule has 5 aromatic rings. The third-order valence-corrected chi connectivity index (χ3v) is 6.51. The fourth-order valence-corrected chi connectivity index (χ4v) is 4.70. The smallest absolute Gasteiger partial charge is 0.240 e. The van der Waals surface area contributed by atoms with E-state index >= 15 is 0 Å². The molecule has 0 saturated carbocycles. The van der Waals surface area contributed by atoms with Crippen molar-refractivity contribution < 1.29 is 4.79 Å². The standard InChI is InChI=1S/C26H25N9O/c1-15-11-22(36)31-32-23(15)18-9-10-21-19(12-18)29-25(35(21)13-17-7-5-4-6-8-17)20-14-34-16(2)30-33-26(34)24(27-3)28-20/h4-10,12,14-15H,11,13H2,1-3H3,(H,27,28)(H,31,36). The minimum atomic E-state index is -0.0622. The molecule has 1 atom stereocenters. The molecule has 0 spiro atoms. The third-order valence-electron chi connectivity index (χ3n) is 6.51. The maximum Gasteiger partial charge on any atom is 0.240 e. The van der Waals surface area contributed by atoms with Crippen LogP contribution < -0.4 is 10.7 Å². The Morgan fingerprint density at radius 1 is 1.11 bits per heavy atom. The molecule has 1 aliphatic heterocycles. The van der Waals surface area contributed by atoms with E-state index in [0.29, 0.717) is 30.1 Å². The second-order valence-electron chi connectivity index (χ2n) is 9.01. The molecule has 3 aromatic heterocycles. The molecular formula is C26H25N9O. The zero-order chi connectivity index (χ0) is 24.8. The van der Waals surface area contributed by atoms with Crippen LogP contribution in [0.15, 0.2) is 59.8 Å². The number of imidazole rings is 1. The maximum atomic E-state index is 11.7. The van der Waals surface area contributed by atoms with Gasteiger partial charge in [-0.3, -0.25) is 9.20 Å². The number of anilines is 1. The molecule has 10 nitrogen and oxygen atoms in total.